The first-order chi connectivity index (χ1) is 12.4. The van der Waals surface area contributed by atoms with E-state index in [1.807, 2.05) is 19.1 Å². The molecule has 1 heterocycles. The fourth-order valence-corrected chi connectivity index (χ4v) is 3.07. The van der Waals surface area contributed by atoms with E-state index in [9.17, 15) is 14.4 Å². The third kappa shape index (κ3) is 3.41. The molecule has 3 aromatic rings. The molecule has 0 aliphatic heterocycles. The molecule has 134 valence electrons. The minimum atomic E-state index is -0.704. The maximum absolute atomic E-state index is 12.6. The maximum atomic E-state index is 12.6. The quantitative estimate of drug-likeness (QED) is 0.692. The predicted octanol–water partition coefficient (Wildman–Crippen LogP) is 2.85. The zero-order valence-corrected chi connectivity index (χ0v) is 15.1. The van der Waals surface area contributed by atoms with E-state index in [-0.39, 0.29) is 11.9 Å². The van der Waals surface area contributed by atoms with Crippen LogP contribution in [0.1, 0.15) is 35.8 Å². The highest BCUT2D eigenvalue weighted by molar-refractivity contribution is 6.30. The number of carbonyl (C=O) groups excluding carboxylic acids is 1. The van der Waals surface area contributed by atoms with E-state index in [2.05, 4.69) is 10.3 Å². The third-order valence-electron chi connectivity index (χ3n) is 4.25. The van der Waals surface area contributed by atoms with Crippen molar-refractivity contribution in [3.8, 4) is 0 Å². The molecule has 0 unspecified atom stereocenters. The van der Waals surface area contributed by atoms with Gasteiger partial charge in [0.15, 0.2) is 0 Å². The second-order valence-electron chi connectivity index (χ2n) is 5.99. The fraction of sp³-hybridized carbons (Fsp3) is 0.211. The molecule has 0 fully saturated rings. The van der Waals surface area contributed by atoms with Gasteiger partial charge in [0.1, 0.15) is 0 Å². The largest absolute Gasteiger partial charge is 0.346 e. The van der Waals surface area contributed by atoms with Crippen molar-refractivity contribution < 1.29 is 4.79 Å². The SMILES string of the molecule is CCn1c(=O)c(=O)[nH]c2cc(C(=O)N[C@H](C)c3cccc(Cl)c3)ccc21. The van der Waals surface area contributed by atoms with Crippen molar-refractivity contribution in [3.63, 3.8) is 0 Å². The number of halogens is 1. The second-order valence-corrected chi connectivity index (χ2v) is 6.42. The summed E-state index contributed by atoms with van der Waals surface area (Å²) in [6, 6.07) is 11.9. The smallest absolute Gasteiger partial charge is 0.316 e. The second kappa shape index (κ2) is 7.17. The Morgan fingerprint density at radius 3 is 2.69 bits per heavy atom. The highest BCUT2D eigenvalue weighted by Crippen LogP contribution is 2.18. The molecule has 0 bridgehead atoms. The molecule has 2 N–H and O–H groups in total. The van der Waals surface area contributed by atoms with Crippen LogP contribution in [0.2, 0.25) is 5.02 Å². The van der Waals surface area contributed by atoms with E-state index in [4.69, 9.17) is 11.6 Å². The molecule has 26 heavy (non-hydrogen) atoms. The van der Waals surface area contributed by atoms with Gasteiger partial charge >= 0.3 is 11.1 Å². The summed E-state index contributed by atoms with van der Waals surface area (Å²) < 4.78 is 1.38. The molecule has 3 rings (SSSR count). The number of aromatic amines is 1. The average molecular weight is 372 g/mol. The summed E-state index contributed by atoms with van der Waals surface area (Å²) in [7, 11) is 0. The lowest BCUT2D eigenvalue weighted by Crippen LogP contribution is -2.36. The molecule has 0 saturated heterocycles. The molecule has 6 nitrogen and oxygen atoms in total. The Labute approximate surface area is 154 Å². The van der Waals surface area contributed by atoms with Gasteiger partial charge in [-0.05, 0) is 49.7 Å². The summed E-state index contributed by atoms with van der Waals surface area (Å²) in [5.41, 5.74) is 0.996. The van der Waals surface area contributed by atoms with Gasteiger partial charge < -0.3 is 14.9 Å². The van der Waals surface area contributed by atoms with Gasteiger partial charge in [0.25, 0.3) is 5.91 Å². The zero-order chi connectivity index (χ0) is 18.8. The number of H-pyrrole nitrogens is 1. The Morgan fingerprint density at radius 1 is 1.23 bits per heavy atom. The van der Waals surface area contributed by atoms with Gasteiger partial charge in [-0.25, -0.2) is 0 Å². The van der Waals surface area contributed by atoms with Crippen LogP contribution >= 0.6 is 11.6 Å². The first kappa shape index (κ1) is 17.9. The topological polar surface area (TPSA) is 84.0 Å². The molecular formula is C19H18ClN3O3. The summed E-state index contributed by atoms with van der Waals surface area (Å²) in [6.45, 7) is 4.02. The Morgan fingerprint density at radius 2 is 2.00 bits per heavy atom. The molecule has 0 spiro atoms. The number of nitrogens with one attached hydrogen (secondary N) is 2. The lowest BCUT2D eigenvalue weighted by molar-refractivity contribution is 0.0940. The van der Waals surface area contributed by atoms with Gasteiger partial charge in [0, 0.05) is 17.1 Å². The highest BCUT2D eigenvalue weighted by atomic mass is 35.5. The van der Waals surface area contributed by atoms with Gasteiger partial charge in [-0.1, -0.05) is 23.7 Å². The van der Waals surface area contributed by atoms with E-state index in [0.29, 0.717) is 28.2 Å². The molecule has 0 saturated carbocycles. The van der Waals surface area contributed by atoms with Crippen molar-refractivity contribution in [2.75, 3.05) is 0 Å². The van der Waals surface area contributed by atoms with Crippen molar-refractivity contribution in [3.05, 3.63) is 79.3 Å². The third-order valence-corrected chi connectivity index (χ3v) is 4.48. The van der Waals surface area contributed by atoms with E-state index in [1.165, 1.54) is 4.57 Å². The summed E-state index contributed by atoms with van der Waals surface area (Å²) in [6.07, 6.45) is 0. The Kier molecular flexibility index (Phi) is 4.95. The number of aromatic nitrogens is 2. The molecular weight excluding hydrogens is 354 g/mol. The first-order valence-electron chi connectivity index (χ1n) is 8.24. The van der Waals surface area contributed by atoms with Crippen LogP contribution < -0.4 is 16.4 Å². The number of hydrogen-bond donors (Lipinski definition) is 2. The number of carbonyl (C=O) groups is 1. The van der Waals surface area contributed by atoms with Crippen LogP contribution in [0.5, 0.6) is 0 Å². The Balaban J connectivity index is 1.93. The minimum Gasteiger partial charge on any atom is -0.346 e. The van der Waals surface area contributed by atoms with Crippen molar-refractivity contribution in [2.45, 2.75) is 26.4 Å². The van der Waals surface area contributed by atoms with Crippen LogP contribution in [0.15, 0.2) is 52.1 Å². The number of fused-ring (bicyclic) bond motifs is 1. The Hall–Kier alpha value is -2.86. The van der Waals surface area contributed by atoms with Crippen LogP contribution in [0.25, 0.3) is 11.0 Å². The number of rotatable bonds is 4. The van der Waals surface area contributed by atoms with E-state index < -0.39 is 11.1 Å². The minimum absolute atomic E-state index is 0.236. The maximum Gasteiger partial charge on any atom is 0.316 e. The lowest BCUT2D eigenvalue weighted by Gasteiger charge is -2.15. The van der Waals surface area contributed by atoms with E-state index in [1.54, 1.807) is 37.3 Å². The summed E-state index contributed by atoms with van der Waals surface area (Å²) in [4.78, 5) is 38.8. The normalized spacial score (nSPS) is 12.1. The van der Waals surface area contributed by atoms with Crippen LogP contribution in [-0.2, 0) is 6.54 Å². The highest BCUT2D eigenvalue weighted by Gasteiger charge is 2.14. The van der Waals surface area contributed by atoms with E-state index in [0.717, 1.165) is 5.56 Å². The van der Waals surface area contributed by atoms with Crippen molar-refractivity contribution in [1.29, 1.82) is 0 Å². The van der Waals surface area contributed by atoms with Crippen LogP contribution in [0, 0.1) is 0 Å². The number of nitrogens with zero attached hydrogens (tertiary/aromatic N) is 1. The lowest BCUT2D eigenvalue weighted by atomic mass is 10.1. The van der Waals surface area contributed by atoms with Crippen molar-refractivity contribution >= 4 is 28.5 Å². The monoisotopic (exact) mass is 371 g/mol. The number of aryl methyl sites for hydroxylation is 1. The molecule has 1 aromatic heterocycles. The zero-order valence-electron chi connectivity index (χ0n) is 14.4. The van der Waals surface area contributed by atoms with Crippen molar-refractivity contribution in [2.24, 2.45) is 0 Å². The molecule has 2 aromatic carbocycles. The van der Waals surface area contributed by atoms with E-state index >= 15 is 0 Å². The fourth-order valence-electron chi connectivity index (χ4n) is 2.87. The van der Waals surface area contributed by atoms with Crippen LogP contribution in [0.3, 0.4) is 0 Å². The molecule has 7 heteroatoms. The summed E-state index contributed by atoms with van der Waals surface area (Å²) in [5, 5.41) is 3.50. The standard InChI is InChI=1S/C19H18ClN3O3/c1-3-23-16-8-7-13(10-15(16)22-18(25)19(23)26)17(24)21-11(2)12-5-4-6-14(20)9-12/h4-11H,3H2,1-2H3,(H,21,24)(H,22,25)/t11-/m1/s1. The number of benzene rings is 2. The van der Waals surface area contributed by atoms with Gasteiger partial charge in [-0.3, -0.25) is 14.4 Å². The molecule has 1 atom stereocenters. The van der Waals surface area contributed by atoms with Crippen LogP contribution in [-0.4, -0.2) is 15.5 Å². The Bertz CT molecular complexity index is 1100. The predicted molar refractivity (Wildman–Crippen MR) is 102 cm³/mol. The van der Waals surface area contributed by atoms with Gasteiger partial charge in [0.05, 0.1) is 17.1 Å². The van der Waals surface area contributed by atoms with Gasteiger partial charge in [0.2, 0.25) is 0 Å². The van der Waals surface area contributed by atoms with Crippen molar-refractivity contribution in [1.82, 2.24) is 14.9 Å². The molecule has 0 radical (unpaired) electrons. The summed E-state index contributed by atoms with van der Waals surface area (Å²) >= 11 is 5.99. The first-order valence-corrected chi connectivity index (χ1v) is 8.61. The molecule has 1 amide bonds. The number of amides is 1. The molecule has 0 aliphatic carbocycles. The van der Waals surface area contributed by atoms with Gasteiger partial charge in [-0.2, -0.15) is 0 Å². The average Bonchev–Trinajstić information content (AvgIpc) is 2.62. The summed E-state index contributed by atoms with van der Waals surface area (Å²) in [5.74, 6) is -0.283. The van der Waals surface area contributed by atoms with Crippen LogP contribution in [0.4, 0.5) is 0 Å². The number of hydrogen-bond acceptors (Lipinski definition) is 3. The van der Waals surface area contributed by atoms with Gasteiger partial charge in [-0.15, -0.1) is 0 Å². The molecule has 0 aliphatic rings.